The third-order valence-electron chi connectivity index (χ3n) is 5.22. The number of carbonyl (C=O) groups excluding carboxylic acids is 1. The Bertz CT molecular complexity index is 778. The second-order valence-corrected chi connectivity index (χ2v) is 7.58. The first kappa shape index (κ1) is 20.7. The van der Waals surface area contributed by atoms with E-state index in [1.807, 2.05) is 0 Å². The van der Waals surface area contributed by atoms with E-state index in [9.17, 15) is 9.18 Å². The van der Waals surface area contributed by atoms with E-state index in [0.29, 0.717) is 18.0 Å². The molecule has 0 bridgehead atoms. The van der Waals surface area contributed by atoms with Crippen molar-refractivity contribution in [3.63, 3.8) is 0 Å². The molecule has 3 rings (SSSR count). The number of hydrogen-bond acceptors (Lipinski definition) is 4. The van der Waals surface area contributed by atoms with Crippen LogP contribution in [0, 0.1) is 11.7 Å². The van der Waals surface area contributed by atoms with Crippen LogP contribution in [0.1, 0.15) is 37.3 Å². The highest BCUT2D eigenvalue weighted by Gasteiger charge is 2.39. The van der Waals surface area contributed by atoms with Crippen molar-refractivity contribution in [2.45, 2.75) is 31.8 Å². The Balaban J connectivity index is 1.99. The van der Waals surface area contributed by atoms with Gasteiger partial charge in [0.2, 0.25) is 5.91 Å². The number of nitrogens with zero attached hydrogens (tertiary/aromatic N) is 1. The van der Waals surface area contributed by atoms with E-state index < -0.39 is 11.5 Å². The molecular weight excluding hydrogens is 379 g/mol. The summed E-state index contributed by atoms with van der Waals surface area (Å²) in [5.41, 5.74) is -0.386. The quantitative estimate of drug-likeness (QED) is 0.620. The average molecular weight is 405 g/mol. The predicted molar refractivity (Wildman–Crippen MR) is 108 cm³/mol. The van der Waals surface area contributed by atoms with Crippen LogP contribution in [-0.4, -0.2) is 30.5 Å². The number of aromatic nitrogens is 1. The number of piperidine rings is 1. The smallest absolute Gasteiger partial charge is 0.218 e. The molecular formula is C21H26ClFN4O. The van der Waals surface area contributed by atoms with Crippen LogP contribution >= 0.6 is 11.6 Å². The summed E-state index contributed by atoms with van der Waals surface area (Å²) in [5.74, 6) is -0.171. The van der Waals surface area contributed by atoms with Gasteiger partial charge in [-0.3, -0.25) is 15.1 Å². The van der Waals surface area contributed by atoms with Crippen molar-refractivity contribution in [1.82, 2.24) is 20.9 Å². The summed E-state index contributed by atoms with van der Waals surface area (Å²) in [4.78, 5) is 16.2. The predicted octanol–water partition coefficient (Wildman–Crippen LogP) is 3.19. The van der Waals surface area contributed by atoms with Crippen molar-refractivity contribution in [2.75, 3.05) is 19.6 Å². The van der Waals surface area contributed by atoms with E-state index in [1.54, 1.807) is 36.7 Å². The zero-order valence-electron chi connectivity index (χ0n) is 16.0. The van der Waals surface area contributed by atoms with Gasteiger partial charge in [0.1, 0.15) is 11.5 Å². The van der Waals surface area contributed by atoms with Gasteiger partial charge in [0, 0.05) is 19.3 Å². The average Bonchev–Trinajstić information content (AvgIpc) is 2.68. The molecule has 1 aromatic heterocycles. The van der Waals surface area contributed by atoms with Gasteiger partial charge >= 0.3 is 0 Å². The zero-order chi connectivity index (χ0) is 20.0. The number of hydrogen-bond donors (Lipinski definition) is 3. The molecule has 0 radical (unpaired) electrons. The van der Waals surface area contributed by atoms with Crippen molar-refractivity contribution in [3.8, 4) is 0 Å². The first-order valence-corrected chi connectivity index (χ1v) is 10.00. The fourth-order valence-corrected chi connectivity index (χ4v) is 4.17. The maximum Gasteiger partial charge on any atom is 0.218 e. The Morgan fingerprint density at radius 3 is 2.64 bits per heavy atom. The lowest BCUT2D eigenvalue weighted by molar-refractivity contribution is -0.121. The molecule has 0 aliphatic carbocycles. The number of nitrogens with one attached hydrogen (secondary N) is 3. The molecule has 0 spiro atoms. The fraction of sp³-hybridized carbons (Fsp3) is 0.429. The van der Waals surface area contributed by atoms with E-state index in [-0.39, 0.29) is 16.5 Å². The van der Waals surface area contributed by atoms with Crippen LogP contribution in [0.2, 0.25) is 5.02 Å². The van der Waals surface area contributed by atoms with Crippen LogP contribution in [0.3, 0.4) is 0 Å². The monoisotopic (exact) mass is 404 g/mol. The molecule has 1 fully saturated rings. The van der Waals surface area contributed by atoms with Crippen LogP contribution in [0.4, 0.5) is 4.39 Å². The topological polar surface area (TPSA) is 66.1 Å². The van der Waals surface area contributed by atoms with Crippen molar-refractivity contribution >= 4 is 17.5 Å². The first-order chi connectivity index (χ1) is 13.5. The molecule has 1 aliphatic heterocycles. The van der Waals surface area contributed by atoms with Gasteiger partial charge in [-0.1, -0.05) is 17.7 Å². The van der Waals surface area contributed by atoms with Gasteiger partial charge in [0.05, 0.1) is 10.6 Å². The van der Waals surface area contributed by atoms with Crippen LogP contribution in [0.5, 0.6) is 0 Å². The molecule has 1 aromatic carbocycles. The van der Waals surface area contributed by atoms with E-state index in [1.165, 1.54) is 13.0 Å². The SMILES string of the molecule is CC(=O)NC(NCCC1CCNCC1)(c1ccncc1)c1c(F)cccc1Cl. The summed E-state index contributed by atoms with van der Waals surface area (Å²) in [5, 5.41) is 9.97. The zero-order valence-corrected chi connectivity index (χ0v) is 16.7. The number of amides is 1. The molecule has 1 amide bonds. The Morgan fingerprint density at radius 1 is 1.29 bits per heavy atom. The normalized spacial score (nSPS) is 17.1. The highest BCUT2D eigenvalue weighted by atomic mass is 35.5. The molecule has 7 heteroatoms. The fourth-order valence-electron chi connectivity index (χ4n) is 3.87. The lowest BCUT2D eigenvalue weighted by Gasteiger charge is -2.38. The third kappa shape index (κ3) is 4.69. The summed E-state index contributed by atoms with van der Waals surface area (Å²) in [6.45, 7) is 4.06. The number of rotatable bonds is 7. The van der Waals surface area contributed by atoms with Crippen molar-refractivity contribution < 1.29 is 9.18 Å². The molecule has 1 unspecified atom stereocenters. The van der Waals surface area contributed by atoms with Gasteiger partial charge in [-0.25, -0.2) is 4.39 Å². The minimum atomic E-state index is -1.27. The molecule has 3 N–H and O–H groups in total. The molecule has 1 saturated heterocycles. The van der Waals surface area contributed by atoms with Crippen LogP contribution in [0.25, 0.3) is 0 Å². The Labute approximate surface area is 170 Å². The molecule has 0 saturated carbocycles. The third-order valence-corrected chi connectivity index (χ3v) is 5.53. The van der Waals surface area contributed by atoms with E-state index >= 15 is 0 Å². The summed E-state index contributed by atoms with van der Waals surface area (Å²) < 4.78 is 15.0. The lowest BCUT2D eigenvalue weighted by Crippen LogP contribution is -2.57. The Morgan fingerprint density at radius 2 is 2.00 bits per heavy atom. The second kappa shape index (κ2) is 9.45. The van der Waals surface area contributed by atoms with E-state index in [2.05, 4.69) is 20.9 Å². The first-order valence-electron chi connectivity index (χ1n) is 9.62. The summed E-state index contributed by atoms with van der Waals surface area (Å²) in [6, 6.07) is 8.06. The number of pyridine rings is 1. The van der Waals surface area contributed by atoms with Gasteiger partial charge in [0.15, 0.2) is 0 Å². The Kier molecular flexibility index (Phi) is 6.99. The molecule has 2 heterocycles. The van der Waals surface area contributed by atoms with Gasteiger partial charge < -0.3 is 10.6 Å². The Hall–Kier alpha value is -2.02. The minimum absolute atomic E-state index is 0.211. The molecule has 1 atom stereocenters. The van der Waals surface area contributed by atoms with Crippen LogP contribution in [-0.2, 0) is 10.5 Å². The summed E-state index contributed by atoms with van der Waals surface area (Å²) in [7, 11) is 0. The molecule has 5 nitrogen and oxygen atoms in total. The lowest BCUT2D eigenvalue weighted by atomic mass is 9.89. The molecule has 150 valence electrons. The maximum absolute atomic E-state index is 15.0. The number of benzene rings is 1. The standard InChI is InChI=1S/C21H26ClFN4O/c1-15(28)27-21(17-8-12-25-13-9-17,20-18(22)3-2-4-19(20)23)26-14-7-16-5-10-24-11-6-16/h2-4,8-9,12-13,16,24,26H,5-7,10-11,14H2,1H3,(H,27,28). The van der Waals surface area contributed by atoms with Crippen molar-refractivity contribution in [1.29, 1.82) is 0 Å². The van der Waals surface area contributed by atoms with Gasteiger partial charge in [-0.2, -0.15) is 0 Å². The summed E-state index contributed by atoms with van der Waals surface area (Å²) in [6.07, 6.45) is 6.40. The minimum Gasteiger partial charge on any atom is -0.330 e. The highest BCUT2D eigenvalue weighted by molar-refractivity contribution is 6.31. The maximum atomic E-state index is 15.0. The van der Waals surface area contributed by atoms with Gasteiger partial charge in [0.25, 0.3) is 0 Å². The van der Waals surface area contributed by atoms with E-state index in [0.717, 1.165) is 32.4 Å². The largest absolute Gasteiger partial charge is 0.330 e. The van der Waals surface area contributed by atoms with Crippen LogP contribution in [0.15, 0.2) is 42.7 Å². The number of halogens is 2. The van der Waals surface area contributed by atoms with Crippen molar-refractivity contribution in [2.24, 2.45) is 5.92 Å². The van der Waals surface area contributed by atoms with Gasteiger partial charge in [-0.05, 0) is 74.6 Å². The highest BCUT2D eigenvalue weighted by Crippen LogP contribution is 2.34. The van der Waals surface area contributed by atoms with Gasteiger partial charge in [-0.15, -0.1) is 0 Å². The van der Waals surface area contributed by atoms with E-state index in [4.69, 9.17) is 11.6 Å². The summed E-state index contributed by atoms with van der Waals surface area (Å²) >= 11 is 6.42. The second-order valence-electron chi connectivity index (χ2n) is 7.17. The van der Waals surface area contributed by atoms with Crippen LogP contribution < -0.4 is 16.0 Å². The number of carbonyl (C=O) groups is 1. The van der Waals surface area contributed by atoms with Crippen molar-refractivity contribution in [3.05, 3.63) is 64.7 Å². The molecule has 1 aliphatic rings. The molecule has 28 heavy (non-hydrogen) atoms. The molecule has 2 aromatic rings.